The molecule has 2 aromatic carbocycles. The van der Waals surface area contributed by atoms with E-state index in [0.717, 1.165) is 35.4 Å². The third kappa shape index (κ3) is 7.06. The molecule has 1 heterocycles. The Morgan fingerprint density at radius 1 is 1.07 bits per heavy atom. The number of nitrogens with zero attached hydrogens (tertiary/aromatic N) is 1. The van der Waals surface area contributed by atoms with Crippen molar-refractivity contribution >= 4 is 6.09 Å². The highest BCUT2D eigenvalue weighted by atomic mass is 16.6. The van der Waals surface area contributed by atoms with E-state index in [9.17, 15) is 4.79 Å². The Balaban J connectivity index is 1.64. The molecule has 0 bridgehead atoms. The monoisotopic (exact) mass is 410 g/mol. The van der Waals surface area contributed by atoms with Gasteiger partial charge in [-0.05, 0) is 70.3 Å². The molecular formula is C25H34N2O3. The summed E-state index contributed by atoms with van der Waals surface area (Å²) in [6.07, 6.45) is 3.22. The van der Waals surface area contributed by atoms with E-state index in [2.05, 4.69) is 28.4 Å². The molecule has 0 aliphatic carbocycles. The summed E-state index contributed by atoms with van der Waals surface area (Å²) in [4.78, 5) is 14.5. The van der Waals surface area contributed by atoms with Gasteiger partial charge in [-0.15, -0.1) is 0 Å². The first-order valence-corrected chi connectivity index (χ1v) is 10.9. The van der Waals surface area contributed by atoms with Crippen molar-refractivity contribution in [1.29, 1.82) is 0 Å². The highest BCUT2D eigenvalue weighted by Gasteiger charge is 2.16. The van der Waals surface area contributed by atoms with E-state index in [0.29, 0.717) is 13.2 Å². The molecule has 0 saturated carbocycles. The van der Waals surface area contributed by atoms with Crippen LogP contribution < -0.4 is 10.1 Å². The lowest BCUT2D eigenvalue weighted by Crippen LogP contribution is -2.32. The van der Waals surface area contributed by atoms with E-state index < -0.39 is 11.7 Å². The van der Waals surface area contributed by atoms with Crippen LogP contribution in [0.15, 0.2) is 48.5 Å². The number of ether oxygens (including phenoxy) is 2. The van der Waals surface area contributed by atoms with Gasteiger partial charge in [0.25, 0.3) is 0 Å². The lowest BCUT2D eigenvalue weighted by Gasteiger charge is -2.20. The number of nitrogens with one attached hydrogen (secondary N) is 1. The molecule has 1 amide bonds. The molecule has 1 N–H and O–H groups in total. The minimum Gasteiger partial charge on any atom is -0.493 e. The zero-order chi connectivity index (χ0) is 21.4. The van der Waals surface area contributed by atoms with E-state index in [1.807, 2.05) is 51.1 Å². The lowest BCUT2D eigenvalue weighted by molar-refractivity contribution is 0.0523. The summed E-state index contributed by atoms with van der Waals surface area (Å²) < 4.78 is 11.5. The SMILES string of the molecule is CC(C)(C)OC(=O)NCc1ccc(-c2ccccc2)c(OCCCN2CCCC2)c1. The molecule has 0 aromatic heterocycles. The van der Waals surface area contributed by atoms with Gasteiger partial charge in [-0.3, -0.25) is 0 Å². The summed E-state index contributed by atoms with van der Waals surface area (Å²) >= 11 is 0. The fourth-order valence-corrected chi connectivity index (χ4v) is 3.62. The number of amides is 1. The van der Waals surface area contributed by atoms with E-state index in [1.165, 1.54) is 25.9 Å². The first kappa shape index (κ1) is 22.2. The summed E-state index contributed by atoms with van der Waals surface area (Å²) in [5, 5.41) is 2.82. The molecule has 5 heteroatoms. The molecule has 3 rings (SSSR count). The van der Waals surface area contributed by atoms with Crippen LogP contribution in [0.4, 0.5) is 4.79 Å². The van der Waals surface area contributed by atoms with Gasteiger partial charge >= 0.3 is 6.09 Å². The van der Waals surface area contributed by atoms with Gasteiger partial charge in [-0.1, -0.05) is 42.5 Å². The van der Waals surface area contributed by atoms with Gasteiger partial charge in [0.05, 0.1) is 6.61 Å². The number of rotatable bonds is 8. The second-order valence-corrected chi connectivity index (χ2v) is 8.80. The van der Waals surface area contributed by atoms with Gasteiger partial charge < -0.3 is 19.7 Å². The zero-order valence-electron chi connectivity index (χ0n) is 18.4. The van der Waals surface area contributed by atoms with Crippen molar-refractivity contribution in [2.45, 2.75) is 52.2 Å². The zero-order valence-corrected chi connectivity index (χ0v) is 18.4. The van der Waals surface area contributed by atoms with Crippen LogP contribution in [0, 0.1) is 0 Å². The quantitative estimate of drug-likeness (QED) is 0.605. The van der Waals surface area contributed by atoms with E-state index in [1.54, 1.807) is 0 Å². The average molecular weight is 411 g/mol. The minimum atomic E-state index is -0.509. The highest BCUT2D eigenvalue weighted by molar-refractivity contribution is 5.71. The van der Waals surface area contributed by atoms with Crippen molar-refractivity contribution in [2.75, 3.05) is 26.2 Å². The van der Waals surface area contributed by atoms with Crippen LogP contribution in [0.1, 0.15) is 45.6 Å². The molecule has 1 aliphatic heterocycles. The first-order valence-electron chi connectivity index (χ1n) is 10.9. The maximum atomic E-state index is 12.0. The van der Waals surface area contributed by atoms with Gasteiger partial charge in [0.1, 0.15) is 11.4 Å². The van der Waals surface area contributed by atoms with Crippen molar-refractivity contribution in [1.82, 2.24) is 10.2 Å². The molecule has 0 atom stereocenters. The summed E-state index contributed by atoms with van der Waals surface area (Å²) in [6, 6.07) is 16.4. The van der Waals surface area contributed by atoms with E-state index in [-0.39, 0.29) is 0 Å². The van der Waals surface area contributed by atoms with E-state index >= 15 is 0 Å². The van der Waals surface area contributed by atoms with Crippen LogP contribution in [-0.2, 0) is 11.3 Å². The van der Waals surface area contributed by atoms with Crippen LogP contribution in [0.3, 0.4) is 0 Å². The number of hydrogen-bond donors (Lipinski definition) is 1. The standard InChI is InChI=1S/C25H34N2O3/c1-25(2,3)30-24(28)26-19-20-12-13-22(21-10-5-4-6-11-21)23(18-20)29-17-9-16-27-14-7-8-15-27/h4-6,10-13,18H,7-9,14-17,19H2,1-3H3,(H,26,28). The molecule has 0 unspecified atom stereocenters. The fraction of sp³-hybridized carbons (Fsp3) is 0.480. The van der Waals surface area contributed by atoms with E-state index in [4.69, 9.17) is 9.47 Å². The summed E-state index contributed by atoms with van der Waals surface area (Å²) in [5.74, 6) is 0.853. The van der Waals surface area contributed by atoms with Gasteiger partial charge in [0.2, 0.25) is 0 Å². The maximum Gasteiger partial charge on any atom is 0.407 e. The Morgan fingerprint density at radius 2 is 1.80 bits per heavy atom. The molecule has 0 radical (unpaired) electrons. The van der Waals surface area contributed by atoms with Crippen molar-refractivity contribution in [3.8, 4) is 16.9 Å². The Hall–Kier alpha value is -2.53. The number of likely N-dealkylation sites (tertiary alicyclic amines) is 1. The van der Waals surface area contributed by atoms with Gasteiger partial charge in [0.15, 0.2) is 0 Å². The molecule has 1 aliphatic rings. The van der Waals surface area contributed by atoms with Gasteiger partial charge in [0, 0.05) is 18.7 Å². The Labute approximate surface area is 180 Å². The molecule has 5 nitrogen and oxygen atoms in total. The molecule has 162 valence electrons. The maximum absolute atomic E-state index is 12.0. The average Bonchev–Trinajstić information content (AvgIpc) is 3.23. The third-order valence-electron chi connectivity index (χ3n) is 5.04. The summed E-state index contributed by atoms with van der Waals surface area (Å²) in [7, 11) is 0. The fourth-order valence-electron chi connectivity index (χ4n) is 3.62. The Morgan fingerprint density at radius 3 is 2.50 bits per heavy atom. The molecule has 1 fully saturated rings. The van der Waals surface area contributed by atoms with Crippen molar-refractivity contribution in [3.05, 3.63) is 54.1 Å². The topological polar surface area (TPSA) is 50.8 Å². The predicted octanol–water partition coefficient (Wildman–Crippen LogP) is 5.24. The molecule has 30 heavy (non-hydrogen) atoms. The normalized spacial score (nSPS) is 14.5. The number of hydrogen-bond acceptors (Lipinski definition) is 4. The minimum absolute atomic E-state index is 0.397. The number of benzene rings is 2. The predicted molar refractivity (Wildman–Crippen MR) is 121 cm³/mol. The highest BCUT2D eigenvalue weighted by Crippen LogP contribution is 2.31. The van der Waals surface area contributed by atoms with Crippen LogP contribution in [-0.4, -0.2) is 42.8 Å². The van der Waals surface area contributed by atoms with Crippen molar-refractivity contribution < 1.29 is 14.3 Å². The third-order valence-corrected chi connectivity index (χ3v) is 5.04. The summed E-state index contributed by atoms with van der Waals surface area (Å²) in [5.41, 5.74) is 2.66. The Bertz CT molecular complexity index is 809. The smallest absolute Gasteiger partial charge is 0.407 e. The van der Waals surface area contributed by atoms with Crippen LogP contribution in [0.2, 0.25) is 0 Å². The largest absolute Gasteiger partial charge is 0.493 e. The van der Waals surface area contributed by atoms with Crippen LogP contribution in [0.25, 0.3) is 11.1 Å². The van der Waals surface area contributed by atoms with Crippen LogP contribution >= 0.6 is 0 Å². The molecular weight excluding hydrogens is 376 g/mol. The molecule has 1 saturated heterocycles. The Kier molecular flexibility index (Phi) is 7.75. The lowest BCUT2D eigenvalue weighted by atomic mass is 10.0. The summed E-state index contributed by atoms with van der Waals surface area (Å²) in [6.45, 7) is 10.1. The van der Waals surface area contributed by atoms with Gasteiger partial charge in [-0.25, -0.2) is 4.79 Å². The second kappa shape index (κ2) is 10.5. The van der Waals surface area contributed by atoms with Gasteiger partial charge in [-0.2, -0.15) is 0 Å². The van der Waals surface area contributed by atoms with Crippen molar-refractivity contribution in [3.63, 3.8) is 0 Å². The molecule has 0 spiro atoms. The first-order chi connectivity index (χ1) is 14.4. The van der Waals surface area contributed by atoms with Crippen molar-refractivity contribution in [2.24, 2.45) is 0 Å². The molecule has 2 aromatic rings. The number of alkyl carbamates (subject to hydrolysis) is 1. The number of carbonyl (C=O) groups is 1. The van der Waals surface area contributed by atoms with Crippen LogP contribution in [0.5, 0.6) is 5.75 Å². The second-order valence-electron chi connectivity index (χ2n) is 8.80. The number of carbonyl (C=O) groups excluding carboxylic acids is 1.